The standard InChI is InChI=1S/C16H19N5O/c1-12(13(2)21-10-6-9-18-21)17-11-15-19-16(22-20-15)14-7-4-3-5-8-14/h3-10,12-13,17H,11H2,1-2H3/t12-,13+/m0/s1. The molecule has 0 radical (unpaired) electrons. The molecule has 0 aliphatic heterocycles. The molecule has 0 aliphatic carbocycles. The van der Waals surface area contributed by atoms with E-state index in [0.29, 0.717) is 18.3 Å². The maximum atomic E-state index is 5.30. The van der Waals surface area contributed by atoms with E-state index in [-0.39, 0.29) is 12.1 Å². The summed E-state index contributed by atoms with van der Waals surface area (Å²) in [4.78, 5) is 4.41. The minimum absolute atomic E-state index is 0.235. The van der Waals surface area contributed by atoms with Crippen LogP contribution in [0.5, 0.6) is 0 Å². The highest BCUT2D eigenvalue weighted by atomic mass is 16.5. The van der Waals surface area contributed by atoms with E-state index in [1.807, 2.05) is 47.3 Å². The van der Waals surface area contributed by atoms with Crippen molar-refractivity contribution in [2.24, 2.45) is 0 Å². The lowest BCUT2D eigenvalue weighted by atomic mass is 10.2. The highest BCUT2D eigenvalue weighted by molar-refractivity contribution is 5.51. The van der Waals surface area contributed by atoms with Crippen molar-refractivity contribution in [3.8, 4) is 11.5 Å². The Kier molecular flexibility index (Phi) is 4.29. The molecule has 2 atom stereocenters. The van der Waals surface area contributed by atoms with Crippen molar-refractivity contribution in [2.75, 3.05) is 0 Å². The van der Waals surface area contributed by atoms with Gasteiger partial charge < -0.3 is 9.84 Å². The van der Waals surface area contributed by atoms with E-state index in [4.69, 9.17) is 4.52 Å². The first-order chi connectivity index (χ1) is 10.7. The molecule has 1 N–H and O–H groups in total. The van der Waals surface area contributed by atoms with Crippen LogP contribution in [0.1, 0.15) is 25.7 Å². The smallest absolute Gasteiger partial charge is 0.257 e. The van der Waals surface area contributed by atoms with Crippen LogP contribution >= 0.6 is 0 Å². The van der Waals surface area contributed by atoms with E-state index in [1.54, 1.807) is 6.20 Å². The Hall–Kier alpha value is -2.47. The number of rotatable bonds is 6. The van der Waals surface area contributed by atoms with Gasteiger partial charge in [-0.3, -0.25) is 4.68 Å². The van der Waals surface area contributed by atoms with Gasteiger partial charge in [-0.25, -0.2) is 0 Å². The lowest BCUT2D eigenvalue weighted by Gasteiger charge is -2.20. The lowest BCUT2D eigenvalue weighted by Crippen LogP contribution is -2.33. The largest absolute Gasteiger partial charge is 0.334 e. The van der Waals surface area contributed by atoms with E-state index >= 15 is 0 Å². The molecule has 114 valence electrons. The van der Waals surface area contributed by atoms with Gasteiger partial charge in [0.15, 0.2) is 5.82 Å². The van der Waals surface area contributed by atoms with Gasteiger partial charge in [-0.15, -0.1) is 0 Å². The first kappa shape index (κ1) is 14.5. The Labute approximate surface area is 129 Å². The predicted molar refractivity (Wildman–Crippen MR) is 83.0 cm³/mol. The maximum Gasteiger partial charge on any atom is 0.257 e. The molecule has 0 fully saturated rings. The van der Waals surface area contributed by atoms with Gasteiger partial charge in [0.25, 0.3) is 5.89 Å². The van der Waals surface area contributed by atoms with E-state index in [9.17, 15) is 0 Å². The van der Waals surface area contributed by atoms with Crippen LogP contribution in [-0.2, 0) is 6.54 Å². The summed E-state index contributed by atoms with van der Waals surface area (Å²) < 4.78 is 7.23. The normalized spacial score (nSPS) is 13.9. The Morgan fingerprint density at radius 2 is 2.00 bits per heavy atom. The van der Waals surface area contributed by atoms with Gasteiger partial charge in [0.1, 0.15) is 0 Å². The number of benzene rings is 1. The fraction of sp³-hybridized carbons (Fsp3) is 0.312. The molecule has 22 heavy (non-hydrogen) atoms. The predicted octanol–water partition coefficient (Wildman–Crippen LogP) is 2.67. The Morgan fingerprint density at radius 1 is 1.18 bits per heavy atom. The summed E-state index contributed by atoms with van der Waals surface area (Å²) in [5, 5.41) is 11.7. The summed E-state index contributed by atoms with van der Waals surface area (Å²) in [6, 6.07) is 12.2. The summed E-state index contributed by atoms with van der Waals surface area (Å²) in [6.45, 7) is 4.80. The Bertz CT molecular complexity index is 692. The SMILES string of the molecule is C[C@H](NCc1noc(-c2ccccc2)n1)[C@@H](C)n1cccn1. The first-order valence-corrected chi connectivity index (χ1v) is 7.34. The van der Waals surface area contributed by atoms with Crippen LogP contribution in [0.15, 0.2) is 53.3 Å². The number of hydrogen-bond acceptors (Lipinski definition) is 5. The molecule has 2 heterocycles. The highest BCUT2D eigenvalue weighted by Crippen LogP contribution is 2.16. The molecule has 6 heteroatoms. The topological polar surface area (TPSA) is 68.8 Å². The molecule has 0 spiro atoms. The van der Waals surface area contributed by atoms with E-state index in [2.05, 4.69) is 34.4 Å². The highest BCUT2D eigenvalue weighted by Gasteiger charge is 2.15. The van der Waals surface area contributed by atoms with Gasteiger partial charge in [0, 0.05) is 24.0 Å². The molecule has 0 aliphatic rings. The zero-order valence-electron chi connectivity index (χ0n) is 12.7. The summed E-state index contributed by atoms with van der Waals surface area (Å²) in [7, 11) is 0. The van der Waals surface area contributed by atoms with Crippen molar-refractivity contribution in [1.29, 1.82) is 0 Å². The van der Waals surface area contributed by atoms with Gasteiger partial charge in [-0.1, -0.05) is 23.4 Å². The van der Waals surface area contributed by atoms with E-state index < -0.39 is 0 Å². The molecular weight excluding hydrogens is 278 g/mol. The lowest BCUT2D eigenvalue weighted by molar-refractivity contribution is 0.357. The zero-order chi connectivity index (χ0) is 15.4. The number of nitrogens with one attached hydrogen (secondary N) is 1. The van der Waals surface area contributed by atoms with Gasteiger partial charge in [-0.2, -0.15) is 10.1 Å². The molecule has 3 aromatic rings. The third-order valence-electron chi connectivity index (χ3n) is 3.74. The maximum absolute atomic E-state index is 5.30. The first-order valence-electron chi connectivity index (χ1n) is 7.34. The van der Waals surface area contributed by atoms with Crippen molar-refractivity contribution in [3.63, 3.8) is 0 Å². The summed E-state index contributed by atoms with van der Waals surface area (Å²) >= 11 is 0. The Morgan fingerprint density at radius 3 is 2.73 bits per heavy atom. The molecule has 3 rings (SSSR count). The van der Waals surface area contributed by atoms with Gasteiger partial charge in [0.05, 0.1) is 12.6 Å². The fourth-order valence-electron chi connectivity index (χ4n) is 2.20. The van der Waals surface area contributed by atoms with Crippen LogP contribution in [-0.4, -0.2) is 26.0 Å². The minimum Gasteiger partial charge on any atom is -0.334 e. The van der Waals surface area contributed by atoms with Crippen LogP contribution in [0.3, 0.4) is 0 Å². The van der Waals surface area contributed by atoms with Crippen LogP contribution in [0.2, 0.25) is 0 Å². The molecular formula is C16H19N5O. The van der Waals surface area contributed by atoms with Gasteiger partial charge in [-0.05, 0) is 32.0 Å². The quantitative estimate of drug-likeness (QED) is 0.757. The van der Waals surface area contributed by atoms with Crippen molar-refractivity contribution < 1.29 is 4.52 Å². The van der Waals surface area contributed by atoms with E-state index in [0.717, 1.165) is 5.56 Å². The molecule has 6 nitrogen and oxygen atoms in total. The molecule has 0 saturated carbocycles. The monoisotopic (exact) mass is 297 g/mol. The molecule has 0 saturated heterocycles. The van der Waals surface area contributed by atoms with Crippen LogP contribution in [0, 0.1) is 0 Å². The van der Waals surface area contributed by atoms with Crippen molar-refractivity contribution in [3.05, 3.63) is 54.6 Å². The van der Waals surface area contributed by atoms with Crippen LogP contribution < -0.4 is 5.32 Å². The average Bonchev–Trinajstić information content (AvgIpc) is 3.24. The van der Waals surface area contributed by atoms with Gasteiger partial charge >= 0.3 is 0 Å². The summed E-state index contributed by atoms with van der Waals surface area (Å²) in [6.07, 6.45) is 3.75. The molecule has 1 aromatic carbocycles. The van der Waals surface area contributed by atoms with Crippen molar-refractivity contribution in [2.45, 2.75) is 32.5 Å². The number of hydrogen-bond donors (Lipinski definition) is 1. The van der Waals surface area contributed by atoms with Crippen LogP contribution in [0.25, 0.3) is 11.5 Å². The van der Waals surface area contributed by atoms with E-state index in [1.165, 1.54) is 0 Å². The van der Waals surface area contributed by atoms with Gasteiger partial charge in [0.2, 0.25) is 0 Å². The molecule has 0 amide bonds. The number of aromatic nitrogens is 4. The minimum atomic E-state index is 0.235. The number of nitrogens with zero attached hydrogens (tertiary/aromatic N) is 4. The average molecular weight is 297 g/mol. The zero-order valence-corrected chi connectivity index (χ0v) is 12.7. The molecule has 0 bridgehead atoms. The molecule has 0 unspecified atom stereocenters. The molecule has 2 aromatic heterocycles. The van der Waals surface area contributed by atoms with Crippen molar-refractivity contribution in [1.82, 2.24) is 25.2 Å². The second-order valence-corrected chi connectivity index (χ2v) is 5.28. The second kappa shape index (κ2) is 6.53. The third kappa shape index (κ3) is 3.23. The third-order valence-corrected chi connectivity index (χ3v) is 3.74. The summed E-state index contributed by atoms with van der Waals surface area (Å²) in [5.41, 5.74) is 0.930. The van der Waals surface area contributed by atoms with Crippen molar-refractivity contribution >= 4 is 0 Å². The Balaban J connectivity index is 1.59. The fourth-order valence-corrected chi connectivity index (χ4v) is 2.20. The summed E-state index contributed by atoms with van der Waals surface area (Å²) in [5.74, 6) is 1.20. The van der Waals surface area contributed by atoms with Crippen LogP contribution in [0.4, 0.5) is 0 Å². The second-order valence-electron chi connectivity index (χ2n) is 5.28.